The van der Waals surface area contributed by atoms with Crippen LogP contribution in [-0.2, 0) is 27.3 Å². The maximum absolute atomic E-state index is 13.5. The van der Waals surface area contributed by atoms with E-state index in [4.69, 9.17) is 5.73 Å². The highest BCUT2D eigenvalue weighted by Crippen LogP contribution is 2.37. The highest BCUT2D eigenvalue weighted by molar-refractivity contribution is 7.81. The van der Waals surface area contributed by atoms with Gasteiger partial charge in [0, 0.05) is 48.9 Å². The number of likely N-dealkylation sites (tertiary alicyclic amines) is 1. The smallest absolute Gasteiger partial charge is 0.573 e. The van der Waals surface area contributed by atoms with Gasteiger partial charge in [-0.25, -0.2) is 14.8 Å². The van der Waals surface area contributed by atoms with E-state index in [0.717, 1.165) is 52.5 Å². The summed E-state index contributed by atoms with van der Waals surface area (Å²) in [6, 6.07) is 0.974. The van der Waals surface area contributed by atoms with Crippen LogP contribution in [0.25, 0.3) is 10.8 Å². The third-order valence-corrected chi connectivity index (χ3v) is 8.95. The molecule has 2 fully saturated rings. The van der Waals surface area contributed by atoms with Gasteiger partial charge >= 0.3 is 12.3 Å². The van der Waals surface area contributed by atoms with Crippen molar-refractivity contribution in [3.63, 3.8) is 0 Å². The predicted molar refractivity (Wildman–Crippen MR) is 143 cm³/mol. The molecule has 3 aromatic rings. The van der Waals surface area contributed by atoms with Crippen molar-refractivity contribution in [2.24, 2.45) is 0 Å². The van der Waals surface area contributed by atoms with Crippen LogP contribution in [0.5, 0.6) is 5.75 Å². The van der Waals surface area contributed by atoms with Crippen molar-refractivity contribution in [1.82, 2.24) is 14.9 Å². The molecule has 0 aliphatic carbocycles. The number of ether oxygens (including phenoxy) is 1. The minimum atomic E-state index is -5.09. The Morgan fingerprint density at radius 1 is 1.29 bits per heavy atom. The number of carbonyl (C=O) groups is 2. The topological polar surface area (TPSA) is 165 Å². The van der Waals surface area contributed by atoms with Gasteiger partial charge < -0.3 is 29.9 Å². The van der Waals surface area contributed by atoms with Crippen molar-refractivity contribution in [2.45, 2.75) is 44.1 Å². The summed E-state index contributed by atoms with van der Waals surface area (Å²) >= 11 is -1.78. The molecule has 1 amide bonds. The second kappa shape index (κ2) is 11.3. The summed E-state index contributed by atoms with van der Waals surface area (Å²) in [6.07, 6.45) is -0.993. The number of fused-ring (bicyclic) bond motifs is 1. The van der Waals surface area contributed by atoms with Crippen molar-refractivity contribution in [3.8, 4) is 5.75 Å². The molecule has 12 nitrogen and oxygen atoms in total. The molecule has 17 heteroatoms. The first-order chi connectivity index (χ1) is 19.4. The standard InChI is InChI=1S/C24H25F3N6O6S2/c25-24(26,27)39-18-11-15-13(3-5-29-20(15)28)9-14(18)10-17(22(35)36)32-8-4-16(21(32)34)33(41(37)38)19-12-30-23(40-19)31-6-1-2-7-31/h3,5,9,11-12,16-17H,1-2,4,6-8,10H2,(H2,28,29)(H,35,36)(H,37,38)/p-1/t16-,17+/m0/s1. The van der Waals surface area contributed by atoms with Gasteiger partial charge in [-0.15, -0.1) is 13.2 Å². The quantitative estimate of drug-likeness (QED) is 0.343. The van der Waals surface area contributed by atoms with Crippen LogP contribution in [0, 0.1) is 0 Å². The molecule has 0 bridgehead atoms. The zero-order valence-corrected chi connectivity index (χ0v) is 22.9. The van der Waals surface area contributed by atoms with E-state index in [0.29, 0.717) is 10.5 Å². The molecular formula is C24H24F3N6O6S2-. The number of thiazole rings is 1. The summed E-state index contributed by atoms with van der Waals surface area (Å²) in [7, 11) is 0. The Hall–Kier alpha value is -3.70. The fourth-order valence-corrected chi connectivity index (χ4v) is 6.97. The maximum Gasteiger partial charge on any atom is 0.573 e. The fourth-order valence-electron chi connectivity index (χ4n) is 5.15. The number of nitrogens with two attached hydrogens (primary N) is 1. The maximum atomic E-state index is 13.5. The monoisotopic (exact) mass is 613 g/mol. The Morgan fingerprint density at radius 3 is 2.68 bits per heavy atom. The number of rotatable bonds is 9. The van der Waals surface area contributed by atoms with Gasteiger partial charge in [-0.2, -0.15) is 0 Å². The molecule has 3 atom stereocenters. The number of aliphatic carboxylic acids is 1. The number of benzene rings is 1. The van der Waals surface area contributed by atoms with Crippen molar-refractivity contribution in [2.75, 3.05) is 34.6 Å². The van der Waals surface area contributed by atoms with Crippen LogP contribution >= 0.6 is 11.3 Å². The number of hydrogen-bond donors (Lipinski definition) is 2. The van der Waals surface area contributed by atoms with E-state index in [1.54, 1.807) is 0 Å². The van der Waals surface area contributed by atoms with Gasteiger partial charge in [0.05, 0.1) is 6.20 Å². The first kappa shape index (κ1) is 28.8. The normalized spacial score (nSPS) is 19.1. The van der Waals surface area contributed by atoms with E-state index in [2.05, 4.69) is 14.7 Å². The Labute approximate surface area is 237 Å². The zero-order chi connectivity index (χ0) is 29.5. The van der Waals surface area contributed by atoms with E-state index in [-0.39, 0.29) is 34.7 Å². The molecule has 2 aliphatic heterocycles. The van der Waals surface area contributed by atoms with Crippen LogP contribution in [0.4, 0.5) is 29.1 Å². The average molecular weight is 614 g/mol. The van der Waals surface area contributed by atoms with Gasteiger partial charge in [-0.3, -0.25) is 13.3 Å². The number of pyridine rings is 1. The summed E-state index contributed by atoms with van der Waals surface area (Å²) in [5.41, 5.74) is 5.67. The molecule has 4 heterocycles. The van der Waals surface area contributed by atoms with Gasteiger partial charge in [0.2, 0.25) is 5.91 Å². The number of hydrogen-bond acceptors (Lipinski definition) is 10. The molecule has 0 saturated carbocycles. The number of alkyl halides is 3. The highest BCUT2D eigenvalue weighted by atomic mass is 32.2. The largest absolute Gasteiger partial charge is 0.755 e. The second-order valence-corrected chi connectivity index (χ2v) is 11.4. The molecule has 3 N–H and O–H groups in total. The molecule has 5 rings (SSSR count). The second-order valence-electron chi connectivity index (χ2n) is 9.54. The minimum Gasteiger partial charge on any atom is -0.755 e. The summed E-state index contributed by atoms with van der Waals surface area (Å²) in [4.78, 5) is 37.0. The van der Waals surface area contributed by atoms with E-state index >= 15 is 0 Å². The van der Waals surface area contributed by atoms with Crippen molar-refractivity contribution >= 4 is 61.2 Å². The SMILES string of the molecule is Nc1nccc2cc(C[C@H](C(=O)O)N3CC[C@H](N(c4cnc(N5CCCC5)s4)S(=O)[O-])C3=O)c(OC(F)(F)F)cc12. The average Bonchev–Trinajstić information content (AvgIpc) is 3.65. The number of carboxylic acids is 1. The number of nitrogen functional groups attached to an aromatic ring is 1. The van der Waals surface area contributed by atoms with Crippen molar-refractivity contribution in [3.05, 3.63) is 36.2 Å². The number of amides is 1. The number of carbonyl (C=O) groups excluding carboxylic acids is 1. The molecular weight excluding hydrogens is 589 g/mol. The number of carboxylic acid groups (broad SMARTS) is 1. The van der Waals surface area contributed by atoms with Gasteiger partial charge in [-0.05, 0) is 48.4 Å². The van der Waals surface area contributed by atoms with Crippen LogP contribution < -0.4 is 19.7 Å². The molecule has 2 aliphatic rings. The van der Waals surface area contributed by atoms with Crippen molar-refractivity contribution in [1.29, 1.82) is 0 Å². The van der Waals surface area contributed by atoms with Gasteiger partial charge in [-0.1, -0.05) is 11.3 Å². The van der Waals surface area contributed by atoms with Crippen LogP contribution in [0.1, 0.15) is 24.8 Å². The van der Waals surface area contributed by atoms with Crippen LogP contribution in [-0.4, -0.2) is 78.7 Å². The third kappa shape index (κ3) is 6.01. The molecule has 41 heavy (non-hydrogen) atoms. The number of anilines is 3. The molecule has 1 unspecified atom stereocenters. The Morgan fingerprint density at radius 2 is 2.02 bits per heavy atom. The fraction of sp³-hybridized carbons (Fsp3) is 0.417. The van der Waals surface area contributed by atoms with Crippen molar-refractivity contribution < 1.29 is 41.4 Å². The van der Waals surface area contributed by atoms with E-state index in [1.165, 1.54) is 24.5 Å². The summed E-state index contributed by atoms with van der Waals surface area (Å²) in [5, 5.41) is 11.4. The lowest BCUT2D eigenvalue weighted by molar-refractivity contribution is -0.274. The predicted octanol–water partition coefficient (Wildman–Crippen LogP) is 2.67. The van der Waals surface area contributed by atoms with E-state index in [9.17, 15) is 36.6 Å². The Bertz CT molecular complexity index is 1500. The lowest BCUT2D eigenvalue weighted by Crippen LogP contribution is -2.48. The van der Waals surface area contributed by atoms with Gasteiger partial charge in [0.15, 0.2) is 5.13 Å². The number of nitrogens with zero attached hydrogens (tertiary/aromatic N) is 5. The lowest BCUT2D eigenvalue weighted by Gasteiger charge is -2.31. The molecule has 220 valence electrons. The first-order valence-electron chi connectivity index (χ1n) is 12.5. The van der Waals surface area contributed by atoms with E-state index in [1.807, 2.05) is 4.90 Å². The molecule has 2 aromatic heterocycles. The van der Waals surface area contributed by atoms with Crippen LogP contribution in [0.15, 0.2) is 30.6 Å². The Kier molecular flexibility index (Phi) is 7.93. The number of halogens is 3. The number of aromatic nitrogens is 2. The Balaban J connectivity index is 1.43. The van der Waals surface area contributed by atoms with Crippen LogP contribution in [0.3, 0.4) is 0 Å². The lowest BCUT2D eigenvalue weighted by atomic mass is 10.00. The zero-order valence-electron chi connectivity index (χ0n) is 21.2. The third-order valence-electron chi connectivity index (χ3n) is 7.01. The first-order valence-corrected chi connectivity index (χ1v) is 14.3. The van der Waals surface area contributed by atoms with E-state index < -0.39 is 53.8 Å². The highest BCUT2D eigenvalue weighted by Gasteiger charge is 2.43. The molecule has 0 spiro atoms. The molecule has 0 radical (unpaired) electrons. The van der Waals surface area contributed by atoms with Gasteiger partial charge in [0.1, 0.15) is 28.7 Å². The molecule has 2 saturated heterocycles. The van der Waals surface area contributed by atoms with Gasteiger partial charge in [0.25, 0.3) is 0 Å². The minimum absolute atomic E-state index is 0.0284. The summed E-state index contributed by atoms with van der Waals surface area (Å²) in [5.74, 6) is -2.99. The summed E-state index contributed by atoms with van der Waals surface area (Å²) in [6.45, 7) is 1.43. The summed E-state index contributed by atoms with van der Waals surface area (Å²) < 4.78 is 69.3. The molecule has 1 aromatic carbocycles. The van der Waals surface area contributed by atoms with Crippen LogP contribution in [0.2, 0.25) is 0 Å².